The molecule has 32 heavy (non-hydrogen) atoms. The van der Waals surface area contributed by atoms with Gasteiger partial charge in [-0.1, -0.05) is 0 Å². The van der Waals surface area contributed by atoms with Crippen LogP contribution in [-0.2, 0) is 4.79 Å². The molecule has 170 valence electrons. The molecule has 0 radical (unpaired) electrons. The first kappa shape index (κ1) is 23.1. The first-order chi connectivity index (χ1) is 15.1. The lowest BCUT2D eigenvalue weighted by Crippen LogP contribution is -2.29. The van der Waals surface area contributed by atoms with Gasteiger partial charge in [0.2, 0.25) is 0 Å². The van der Waals surface area contributed by atoms with Gasteiger partial charge < -0.3 is 26.3 Å². The zero-order valence-electron chi connectivity index (χ0n) is 17.2. The molecule has 10 heteroatoms. The number of nitrogen functional groups attached to an aromatic ring is 1. The van der Waals surface area contributed by atoms with Gasteiger partial charge in [0.1, 0.15) is 17.6 Å². The van der Waals surface area contributed by atoms with E-state index in [0.717, 1.165) is 19.1 Å². The van der Waals surface area contributed by atoms with Gasteiger partial charge >= 0.3 is 5.97 Å². The molecule has 7 nitrogen and oxygen atoms in total. The quantitative estimate of drug-likeness (QED) is 0.304. The van der Waals surface area contributed by atoms with Crippen molar-refractivity contribution in [1.82, 2.24) is 0 Å². The minimum Gasteiger partial charge on any atom is -0.480 e. The number of halogens is 3. The van der Waals surface area contributed by atoms with Gasteiger partial charge in [0.05, 0.1) is 16.8 Å². The molecule has 1 aromatic heterocycles. The van der Waals surface area contributed by atoms with E-state index in [1.165, 1.54) is 12.1 Å². The Bertz CT molecular complexity index is 1240. The van der Waals surface area contributed by atoms with E-state index in [9.17, 15) is 27.9 Å². The van der Waals surface area contributed by atoms with Crippen molar-refractivity contribution >= 4 is 28.3 Å². The first-order valence-electron chi connectivity index (χ1n) is 9.85. The van der Waals surface area contributed by atoms with Crippen molar-refractivity contribution in [1.29, 1.82) is 0 Å². The Morgan fingerprint density at radius 2 is 1.91 bits per heavy atom. The van der Waals surface area contributed by atoms with Crippen LogP contribution in [0.1, 0.15) is 24.8 Å². The summed E-state index contributed by atoms with van der Waals surface area (Å²) in [5.74, 6) is -4.22. The zero-order chi connectivity index (χ0) is 23.6. The third-order valence-corrected chi connectivity index (χ3v) is 5.14. The van der Waals surface area contributed by atoms with Gasteiger partial charge in [-0.15, -0.1) is 0 Å². The molecule has 6 N–H and O–H groups in total. The molecule has 0 aliphatic carbocycles. The van der Waals surface area contributed by atoms with E-state index in [1.807, 2.05) is 0 Å². The number of nitrogens with one attached hydrogen (secondary N) is 1. The van der Waals surface area contributed by atoms with Gasteiger partial charge in [-0.2, -0.15) is 0 Å². The van der Waals surface area contributed by atoms with Crippen LogP contribution in [0.2, 0.25) is 0 Å². The highest BCUT2D eigenvalue weighted by molar-refractivity contribution is 5.91. The summed E-state index contributed by atoms with van der Waals surface area (Å²) in [5, 5.41) is 11.5. The maximum atomic E-state index is 14.7. The zero-order valence-corrected chi connectivity index (χ0v) is 17.2. The van der Waals surface area contributed by atoms with Crippen LogP contribution in [-0.4, -0.2) is 23.7 Å². The Morgan fingerprint density at radius 1 is 1.19 bits per heavy atom. The number of rotatable bonds is 8. The lowest BCUT2D eigenvalue weighted by Gasteiger charge is -2.16. The number of hydrogen-bond acceptors (Lipinski definition) is 6. The monoisotopic (exact) mass is 449 g/mol. The minimum absolute atomic E-state index is 0.0645. The van der Waals surface area contributed by atoms with Crippen LogP contribution in [0.3, 0.4) is 0 Å². The summed E-state index contributed by atoms with van der Waals surface area (Å²) < 4.78 is 48.7. The fourth-order valence-electron chi connectivity index (χ4n) is 3.35. The Labute approximate surface area is 180 Å². The van der Waals surface area contributed by atoms with Gasteiger partial charge in [0.15, 0.2) is 22.6 Å². The second-order valence-corrected chi connectivity index (χ2v) is 7.36. The predicted molar refractivity (Wildman–Crippen MR) is 115 cm³/mol. The van der Waals surface area contributed by atoms with Crippen molar-refractivity contribution in [2.24, 2.45) is 5.73 Å². The van der Waals surface area contributed by atoms with E-state index in [1.54, 1.807) is 0 Å². The fraction of sp³-hybridized carbons (Fsp3) is 0.273. The van der Waals surface area contributed by atoms with Crippen molar-refractivity contribution in [3.05, 3.63) is 57.5 Å². The molecule has 0 saturated carbocycles. The van der Waals surface area contributed by atoms with E-state index in [0.29, 0.717) is 19.4 Å². The minimum atomic E-state index is -1.14. The predicted octanol–water partition coefficient (Wildman–Crippen LogP) is 3.76. The summed E-state index contributed by atoms with van der Waals surface area (Å²) in [4.78, 5) is 23.9. The smallest absolute Gasteiger partial charge is 0.326 e. The first-order valence-corrected chi connectivity index (χ1v) is 9.85. The molecule has 3 rings (SSSR count). The Hall–Kier alpha value is -3.53. The number of unbranched alkanes of at least 4 members (excludes halogenated alkanes) is 1. The fourth-order valence-corrected chi connectivity index (χ4v) is 3.35. The van der Waals surface area contributed by atoms with Crippen LogP contribution in [0.4, 0.5) is 24.5 Å². The lowest BCUT2D eigenvalue weighted by atomic mass is 10.1. The molecule has 1 atom stereocenters. The van der Waals surface area contributed by atoms with Crippen LogP contribution in [0.25, 0.3) is 22.3 Å². The molecule has 0 aliphatic rings. The average molecular weight is 449 g/mol. The highest BCUT2D eigenvalue weighted by atomic mass is 19.1. The average Bonchev–Trinajstić information content (AvgIpc) is 2.76. The maximum absolute atomic E-state index is 14.7. The highest BCUT2D eigenvalue weighted by Crippen LogP contribution is 2.32. The summed E-state index contributed by atoms with van der Waals surface area (Å²) in [5.41, 5.74) is 8.80. The molecular weight excluding hydrogens is 427 g/mol. The SMILES string of the molecule is Cc1c(F)c(N)c2c(=O)cc(-c3ccc(NC(CCCCN)C(=O)O)c(F)c3)oc2c1F. The third kappa shape index (κ3) is 4.40. The summed E-state index contributed by atoms with van der Waals surface area (Å²) in [6, 6.07) is 3.63. The van der Waals surface area contributed by atoms with Crippen LogP contribution in [0, 0.1) is 24.4 Å². The van der Waals surface area contributed by atoms with Crippen LogP contribution >= 0.6 is 0 Å². The van der Waals surface area contributed by atoms with Crippen LogP contribution in [0.15, 0.2) is 33.5 Å². The molecule has 0 fully saturated rings. The van der Waals surface area contributed by atoms with E-state index < -0.39 is 57.1 Å². The molecule has 0 spiro atoms. The second-order valence-electron chi connectivity index (χ2n) is 7.36. The molecule has 2 aromatic carbocycles. The normalized spacial score (nSPS) is 12.2. The Kier molecular flexibility index (Phi) is 6.73. The lowest BCUT2D eigenvalue weighted by molar-refractivity contribution is -0.138. The van der Waals surface area contributed by atoms with Gasteiger partial charge in [-0.25, -0.2) is 18.0 Å². The molecule has 0 amide bonds. The number of benzene rings is 2. The van der Waals surface area contributed by atoms with Gasteiger partial charge in [-0.3, -0.25) is 4.79 Å². The summed E-state index contributed by atoms with van der Waals surface area (Å²) in [6.07, 6.45) is 1.44. The number of hydrogen-bond donors (Lipinski definition) is 4. The number of anilines is 2. The summed E-state index contributed by atoms with van der Waals surface area (Å²) in [7, 11) is 0. The standard InChI is InChI=1S/C22H22F3N3O4/c1-10-18(24)20(27)17-15(29)9-16(32-21(17)19(10)25)11-5-6-13(12(23)8-11)28-14(22(30)31)4-2-3-7-26/h5-6,8-9,14,28H,2-4,7,26-27H2,1H3,(H,30,31). The van der Waals surface area contributed by atoms with E-state index in [4.69, 9.17) is 15.9 Å². The third-order valence-electron chi connectivity index (χ3n) is 5.14. The number of nitrogens with two attached hydrogens (primary N) is 2. The van der Waals surface area contributed by atoms with Gasteiger partial charge in [0.25, 0.3) is 0 Å². The number of aliphatic carboxylic acids is 1. The highest BCUT2D eigenvalue weighted by Gasteiger charge is 2.22. The number of carboxylic acid groups (broad SMARTS) is 1. The maximum Gasteiger partial charge on any atom is 0.326 e. The van der Waals surface area contributed by atoms with E-state index in [-0.39, 0.29) is 23.4 Å². The Morgan fingerprint density at radius 3 is 2.53 bits per heavy atom. The molecular formula is C22H22F3N3O4. The van der Waals surface area contributed by atoms with Crippen molar-refractivity contribution < 1.29 is 27.5 Å². The molecule has 1 heterocycles. The molecule has 0 aliphatic heterocycles. The molecule has 0 saturated heterocycles. The summed E-state index contributed by atoms with van der Waals surface area (Å²) in [6.45, 7) is 1.57. The largest absolute Gasteiger partial charge is 0.480 e. The van der Waals surface area contributed by atoms with Gasteiger partial charge in [0, 0.05) is 17.2 Å². The topological polar surface area (TPSA) is 132 Å². The van der Waals surface area contributed by atoms with Crippen molar-refractivity contribution in [2.45, 2.75) is 32.2 Å². The summed E-state index contributed by atoms with van der Waals surface area (Å²) >= 11 is 0. The number of carbonyl (C=O) groups is 1. The number of carboxylic acids is 1. The van der Waals surface area contributed by atoms with Crippen LogP contribution < -0.4 is 22.2 Å². The molecule has 1 unspecified atom stereocenters. The number of fused-ring (bicyclic) bond motifs is 1. The molecule has 0 bridgehead atoms. The van der Waals surface area contributed by atoms with Gasteiger partial charge in [-0.05, 0) is 50.9 Å². The van der Waals surface area contributed by atoms with Crippen molar-refractivity contribution in [3.8, 4) is 11.3 Å². The van der Waals surface area contributed by atoms with Crippen molar-refractivity contribution in [3.63, 3.8) is 0 Å². The van der Waals surface area contributed by atoms with E-state index in [2.05, 4.69) is 5.32 Å². The second kappa shape index (κ2) is 9.31. The Balaban J connectivity index is 1.98. The molecule has 3 aromatic rings. The van der Waals surface area contributed by atoms with Crippen LogP contribution in [0.5, 0.6) is 0 Å². The van der Waals surface area contributed by atoms with Crippen molar-refractivity contribution in [2.75, 3.05) is 17.6 Å². The van der Waals surface area contributed by atoms with E-state index >= 15 is 0 Å².